The number of halogens is 1. The van der Waals surface area contributed by atoms with E-state index in [1.54, 1.807) is 3.61 Å². The van der Waals surface area contributed by atoms with Gasteiger partial charge in [0.25, 0.3) is 0 Å². The van der Waals surface area contributed by atoms with E-state index in [0.29, 0.717) is 0 Å². The summed E-state index contributed by atoms with van der Waals surface area (Å²) in [5.74, 6) is 0. The van der Waals surface area contributed by atoms with Crippen LogP contribution in [0.4, 0.5) is 0 Å². The Morgan fingerprint density at radius 2 is 1.47 bits per heavy atom. The number of benzene rings is 2. The van der Waals surface area contributed by atoms with Gasteiger partial charge in [0.1, 0.15) is 0 Å². The van der Waals surface area contributed by atoms with Crippen molar-refractivity contribution in [3.05, 3.63) is 65.7 Å². The van der Waals surface area contributed by atoms with Gasteiger partial charge in [-0.3, -0.25) is 0 Å². The molecule has 0 unspecified atom stereocenters. The molecular formula is C15H17BrTe. The second kappa shape index (κ2) is 7.21. The fraction of sp³-hybridized carbons (Fsp3) is 0.200. The Kier molecular flexibility index (Phi) is 6.27. The van der Waals surface area contributed by atoms with Crippen LogP contribution in [0.5, 0.6) is 0 Å². The summed E-state index contributed by atoms with van der Waals surface area (Å²) in [6.07, 6.45) is 0. The Bertz CT molecular complexity index is 436. The van der Waals surface area contributed by atoms with E-state index in [-0.39, 0.29) is 17.0 Å². The molecule has 0 saturated carbocycles. The summed E-state index contributed by atoms with van der Waals surface area (Å²) in [4.78, 5) is 2.46. The molecule has 2 aromatic rings. The zero-order chi connectivity index (χ0) is 11.4. The van der Waals surface area contributed by atoms with E-state index in [0.717, 1.165) is 0 Å². The molecule has 0 aliphatic carbocycles. The number of hydrogen-bond donors (Lipinski definition) is 0. The smallest absolute Gasteiger partial charge is 1.00 e. The van der Waals surface area contributed by atoms with Crippen molar-refractivity contribution in [2.75, 3.05) is 0 Å². The van der Waals surface area contributed by atoms with Crippen molar-refractivity contribution in [1.29, 1.82) is 0 Å². The summed E-state index contributed by atoms with van der Waals surface area (Å²) in [6, 6.07) is 19.9. The molecule has 0 radical (unpaired) electrons. The fourth-order valence-electron chi connectivity index (χ4n) is 1.67. The van der Waals surface area contributed by atoms with Gasteiger partial charge < -0.3 is 17.0 Å². The van der Waals surface area contributed by atoms with Gasteiger partial charge in [0, 0.05) is 0 Å². The van der Waals surface area contributed by atoms with Gasteiger partial charge in [-0.2, -0.15) is 0 Å². The summed E-state index contributed by atoms with van der Waals surface area (Å²) in [5.41, 5.74) is 2.84. The van der Waals surface area contributed by atoms with Crippen molar-refractivity contribution in [3.8, 4) is 0 Å². The normalized spacial score (nSPS) is 10.1. The molecule has 90 valence electrons. The van der Waals surface area contributed by atoms with Crippen LogP contribution >= 0.6 is 0 Å². The molecule has 2 aromatic carbocycles. The van der Waals surface area contributed by atoms with Crippen LogP contribution in [0.2, 0.25) is 4.97 Å². The zero-order valence-corrected chi connectivity index (χ0v) is 14.1. The Morgan fingerprint density at radius 1 is 0.882 bits per heavy atom. The van der Waals surface area contributed by atoms with E-state index in [9.17, 15) is 0 Å². The largest absolute Gasteiger partial charge is 1.00 e. The van der Waals surface area contributed by atoms with Crippen LogP contribution in [0.1, 0.15) is 11.1 Å². The SMILES string of the molecule is Cc1ccc(C[Te+](C)c2ccccc2)cc1.[Br-]. The van der Waals surface area contributed by atoms with E-state index < -0.39 is 19.6 Å². The third kappa shape index (κ3) is 4.47. The molecule has 0 amide bonds. The molecule has 2 rings (SSSR count). The predicted octanol–water partition coefficient (Wildman–Crippen LogP) is 0.113. The summed E-state index contributed by atoms with van der Waals surface area (Å²) in [7, 11) is 0. The predicted molar refractivity (Wildman–Crippen MR) is 72.6 cm³/mol. The molecule has 0 aromatic heterocycles. The number of aryl methyl sites for hydroxylation is 1. The second-order valence-electron chi connectivity index (χ2n) is 4.08. The molecule has 0 saturated heterocycles. The molecule has 17 heavy (non-hydrogen) atoms. The van der Waals surface area contributed by atoms with Gasteiger partial charge in [-0.25, -0.2) is 0 Å². The molecule has 2 heteroatoms. The molecule has 0 nitrogen and oxygen atoms in total. The molecule has 0 spiro atoms. The van der Waals surface area contributed by atoms with Gasteiger partial charge in [0.15, 0.2) is 0 Å². The summed E-state index contributed by atoms with van der Waals surface area (Å²) in [6.45, 7) is 2.14. The van der Waals surface area contributed by atoms with Crippen LogP contribution in [0, 0.1) is 6.92 Å². The number of rotatable bonds is 3. The van der Waals surface area contributed by atoms with E-state index in [1.165, 1.54) is 15.6 Å². The Labute approximate surface area is 121 Å². The fourth-order valence-corrected chi connectivity index (χ4v) is 5.90. The Balaban J connectivity index is 0.00000144. The van der Waals surface area contributed by atoms with Crippen LogP contribution in [0.3, 0.4) is 0 Å². The van der Waals surface area contributed by atoms with E-state index in [1.807, 2.05) is 0 Å². The molecule has 0 heterocycles. The molecule has 0 aliphatic rings. The topological polar surface area (TPSA) is 0 Å². The van der Waals surface area contributed by atoms with Crippen molar-refractivity contribution < 1.29 is 17.0 Å². The van der Waals surface area contributed by atoms with Crippen molar-refractivity contribution in [3.63, 3.8) is 0 Å². The average Bonchev–Trinajstić information content (AvgIpc) is 2.33. The van der Waals surface area contributed by atoms with Gasteiger partial charge in [0.05, 0.1) is 0 Å². The maximum atomic E-state index is 2.46. The van der Waals surface area contributed by atoms with Crippen molar-refractivity contribution >= 4 is 23.2 Å². The zero-order valence-electron chi connectivity index (χ0n) is 10.2. The molecule has 0 aliphatic heterocycles. The number of hydrogen-bond acceptors (Lipinski definition) is 0. The Hall–Kier alpha value is -0.290. The first-order chi connectivity index (χ1) is 7.75. The van der Waals surface area contributed by atoms with Crippen LogP contribution in [-0.2, 0) is 4.47 Å². The minimum atomic E-state index is -1.11. The maximum absolute atomic E-state index is 2.46. The van der Waals surface area contributed by atoms with Crippen molar-refractivity contribution in [1.82, 2.24) is 0 Å². The molecule has 0 fully saturated rings. The maximum Gasteiger partial charge on any atom is -1.00 e. The van der Waals surface area contributed by atoms with Gasteiger partial charge in [0.2, 0.25) is 0 Å². The summed E-state index contributed by atoms with van der Waals surface area (Å²) >= 11 is -1.11. The molecule has 0 atom stereocenters. The first kappa shape index (κ1) is 14.8. The first-order valence-corrected chi connectivity index (χ1v) is 10.6. The van der Waals surface area contributed by atoms with Crippen LogP contribution < -0.4 is 20.6 Å². The second-order valence-corrected chi connectivity index (χ2v) is 9.89. The third-order valence-corrected chi connectivity index (χ3v) is 7.91. The van der Waals surface area contributed by atoms with Crippen molar-refractivity contribution in [2.45, 2.75) is 16.4 Å². The average molecular weight is 405 g/mol. The van der Waals surface area contributed by atoms with E-state index in [2.05, 4.69) is 66.5 Å². The summed E-state index contributed by atoms with van der Waals surface area (Å²) < 4.78 is 2.87. The Morgan fingerprint density at radius 3 is 2.06 bits per heavy atom. The van der Waals surface area contributed by atoms with Gasteiger partial charge in [-0.15, -0.1) is 0 Å². The minimum absolute atomic E-state index is 0. The van der Waals surface area contributed by atoms with Crippen LogP contribution in [0.15, 0.2) is 54.6 Å². The molecule has 0 N–H and O–H groups in total. The van der Waals surface area contributed by atoms with Gasteiger partial charge in [-0.1, -0.05) is 0 Å². The molecule has 0 bridgehead atoms. The van der Waals surface area contributed by atoms with E-state index >= 15 is 0 Å². The first-order valence-electron chi connectivity index (χ1n) is 5.49. The summed E-state index contributed by atoms with van der Waals surface area (Å²) in [5, 5.41) is 0. The quantitative estimate of drug-likeness (QED) is 0.637. The van der Waals surface area contributed by atoms with Gasteiger partial charge >= 0.3 is 105 Å². The van der Waals surface area contributed by atoms with Gasteiger partial charge in [-0.05, 0) is 0 Å². The standard InChI is InChI=1S/C15H17Te.BrH/c1-13-8-10-14(11-9-13)12-16(2)15-6-4-3-5-7-15;/h3-11H,12H2,1-2H3;1H/q+1;/p-1. The third-order valence-electron chi connectivity index (χ3n) is 2.65. The van der Waals surface area contributed by atoms with Crippen LogP contribution in [0.25, 0.3) is 0 Å². The molecular weight excluding hydrogens is 388 g/mol. The van der Waals surface area contributed by atoms with Crippen LogP contribution in [-0.4, -0.2) is 19.6 Å². The van der Waals surface area contributed by atoms with Crippen molar-refractivity contribution in [2.24, 2.45) is 0 Å². The van der Waals surface area contributed by atoms with E-state index in [4.69, 9.17) is 0 Å². The minimum Gasteiger partial charge on any atom is -1.00 e. The monoisotopic (exact) mass is 406 g/mol.